The molecule has 156 valence electrons. The Morgan fingerprint density at radius 3 is 2.54 bits per heavy atom. The summed E-state index contributed by atoms with van der Waals surface area (Å²) in [6.07, 6.45) is 4.80. The molecule has 6 nitrogen and oxygen atoms in total. The van der Waals surface area contributed by atoms with Crippen molar-refractivity contribution >= 4 is 29.9 Å². The summed E-state index contributed by atoms with van der Waals surface area (Å²) >= 11 is 0. The molecule has 0 aromatic rings. The van der Waals surface area contributed by atoms with Gasteiger partial charge < -0.3 is 24.6 Å². The van der Waals surface area contributed by atoms with Gasteiger partial charge in [-0.25, -0.2) is 0 Å². The van der Waals surface area contributed by atoms with Crippen LogP contribution in [-0.4, -0.2) is 89.0 Å². The van der Waals surface area contributed by atoms with Crippen molar-refractivity contribution in [2.45, 2.75) is 39.5 Å². The molecule has 7 heteroatoms. The number of ether oxygens (including phenoxy) is 2. The number of rotatable bonds is 13. The summed E-state index contributed by atoms with van der Waals surface area (Å²) in [6, 6.07) is 0. The average Bonchev–Trinajstić information content (AvgIpc) is 3.08. The van der Waals surface area contributed by atoms with Gasteiger partial charge in [-0.1, -0.05) is 13.8 Å². The van der Waals surface area contributed by atoms with Crippen LogP contribution in [0, 0.1) is 5.92 Å². The van der Waals surface area contributed by atoms with Gasteiger partial charge in [-0.2, -0.15) is 0 Å². The van der Waals surface area contributed by atoms with Gasteiger partial charge in [0.15, 0.2) is 5.96 Å². The molecule has 1 atom stereocenters. The summed E-state index contributed by atoms with van der Waals surface area (Å²) in [4.78, 5) is 9.39. The van der Waals surface area contributed by atoms with Crippen molar-refractivity contribution in [3.05, 3.63) is 0 Å². The molecule has 0 bridgehead atoms. The summed E-state index contributed by atoms with van der Waals surface area (Å²) in [7, 11) is 3.59. The lowest BCUT2D eigenvalue weighted by molar-refractivity contribution is 0.0536. The number of hydrogen-bond donors (Lipinski definition) is 1. The average molecular weight is 484 g/mol. The highest BCUT2D eigenvalue weighted by Gasteiger charge is 2.24. The van der Waals surface area contributed by atoms with E-state index in [-0.39, 0.29) is 24.0 Å². The van der Waals surface area contributed by atoms with E-state index in [4.69, 9.17) is 9.47 Å². The van der Waals surface area contributed by atoms with E-state index in [0.717, 1.165) is 38.6 Å². The van der Waals surface area contributed by atoms with Crippen molar-refractivity contribution in [2.75, 3.05) is 73.2 Å². The van der Waals surface area contributed by atoms with Gasteiger partial charge in [0.25, 0.3) is 0 Å². The lowest BCUT2D eigenvalue weighted by atomic mass is 10.1. The number of guanidine groups is 1. The summed E-state index contributed by atoms with van der Waals surface area (Å²) < 4.78 is 10.7. The summed E-state index contributed by atoms with van der Waals surface area (Å²) in [5.74, 6) is 1.64. The van der Waals surface area contributed by atoms with Crippen LogP contribution in [0.25, 0.3) is 0 Å². The highest BCUT2D eigenvalue weighted by atomic mass is 127. The Bertz CT molecular complexity index is 352. The molecule has 0 saturated carbocycles. The minimum atomic E-state index is 0. The predicted molar refractivity (Wildman–Crippen MR) is 121 cm³/mol. The van der Waals surface area contributed by atoms with Crippen LogP contribution >= 0.6 is 24.0 Å². The SMILES string of the molecule is CCCN(CCC)CCCNC(=NC)N1CCC(COCCOC)C1.I. The van der Waals surface area contributed by atoms with Gasteiger partial charge in [0.2, 0.25) is 0 Å². The molecule has 1 unspecified atom stereocenters. The Hall–Kier alpha value is -0.120. The molecule has 0 aromatic carbocycles. The van der Waals surface area contributed by atoms with Crippen molar-refractivity contribution in [3.63, 3.8) is 0 Å². The van der Waals surface area contributed by atoms with Crippen LogP contribution in [0.15, 0.2) is 4.99 Å². The van der Waals surface area contributed by atoms with Crippen molar-refractivity contribution in [1.82, 2.24) is 15.1 Å². The quantitative estimate of drug-likeness (QED) is 0.189. The van der Waals surface area contributed by atoms with E-state index < -0.39 is 0 Å². The molecule has 0 amide bonds. The minimum absolute atomic E-state index is 0. The molecular formula is C19H41IN4O2. The number of nitrogens with zero attached hydrogens (tertiary/aromatic N) is 3. The molecule has 1 rings (SSSR count). The number of hydrogen-bond acceptors (Lipinski definition) is 4. The van der Waals surface area contributed by atoms with Gasteiger partial charge in [0.05, 0.1) is 19.8 Å². The van der Waals surface area contributed by atoms with Crippen LogP contribution in [0.3, 0.4) is 0 Å². The maximum atomic E-state index is 5.67. The molecule has 0 radical (unpaired) electrons. The molecule has 26 heavy (non-hydrogen) atoms. The third-order valence-corrected chi connectivity index (χ3v) is 4.60. The van der Waals surface area contributed by atoms with Gasteiger partial charge in [-0.05, 0) is 45.3 Å². The molecule has 1 saturated heterocycles. The van der Waals surface area contributed by atoms with Crippen molar-refractivity contribution < 1.29 is 9.47 Å². The summed E-state index contributed by atoms with van der Waals surface area (Å²) in [5.41, 5.74) is 0. The van der Waals surface area contributed by atoms with Crippen molar-refractivity contribution in [2.24, 2.45) is 10.9 Å². The van der Waals surface area contributed by atoms with E-state index in [9.17, 15) is 0 Å². The number of halogens is 1. The third kappa shape index (κ3) is 10.9. The first-order valence-electron chi connectivity index (χ1n) is 9.99. The number of likely N-dealkylation sites (tertiary alicyclic amines) is 1. The van der Waals surface area contributed by atoms with Gasteiger partial charge in [-0.15, -0.1) is 24.0 Å². The summed E-state index contributed by atoms with van der Waals surface area (Å²) in [5, 5.41) is 3.54. The molecule has 1 N–H and O–H groups in total. The Labute approximate surface area is 178 Å². The standard InChI is InChI=1S/C19H40N4O2.HI/c1-5-10-22(11-6-2)12-7-9-21-19(20-3)23-13-8-18(16-23)17-25-15-14-24-4;/h18H,5-17H2,1-4H3,(H,20,21);1H. The normalized spacial score (nSPS) is 17.7. The Kier molecular flexibility index (Phi) is 16.9. The van der Waals surface area contributed by atoms with Crippen molar-refractivity contribution in [1.29, 1.82) is 0 Å². The Morgan fingerprint density at radius 1 is 1.19 bits per heavy atom. The zero-order valence-corrected chi connectivity index (χ0v) is 19.7. The summed E-state index contributed by atoms with van der Waals surface area (Å²) in [6.45, 7) is 13.4. The first kappa shape index (κ1) is 25.9. The smallest absolute Gasteiger partial charge is 0.193 e. The lowest BCUT2D eigenvalue weighted by Gasteiger charge is -2.23. The fraction of sp³-hybridized carbons (Fsp3) is 0.947. The number of methoxy groups -OCH3 is 1. The first-order valence-corrected chi connectivity index (χ1v) is 9.99. The molecule has 1 fully saturated rings. The van der Waals surface area contributed by atoms with E-state index in [1.54, 1.807) is 7.11 Å². The van der Waals surface area contributed by atoms with Crippen LogP contribution in [-0.2, 0) is 9.47 Å². The van der Waals surface area contributed by atoms with Crippen LogP contribution in [0.2, 0.25) is 0 Å². The molecule has 1 aliphatic rings. The van der Waals surface area contributed by atoms with E-state index in [2.05, 4.69) is 34.0 Å². The van der Waals surface area contributed by atoms with Gasteiger partial charge in [0, 0.05) is 39.7 Å². The van der Waals surface area contributed by atoms with E-state index in [0.29, 0.717) is 19.1 Å². The maximum Gasteiger partial charge on any atom is 0.193 e. The number of aliphatic imine (C=N–C) groups is 1. The van der Waals surface area contributed by atoms with E-state index in [1.165, 1.54) is 38.9 Å². The van der Waals surface area contributed by atoms with Crippen LogP contribution in [0.5, 0.6) is 0 Å². The molecule has 1 heterocycles. The van der Waals surface area contributed by atoms with Gasteiger partial charge in [-0.3, -0.25) is 4.99 Å². The highest BCUT2D eigenvalue weighted by Crippen LogP contribution is 2.16. The van der Waals surface area contributed by atoms with E-state index >= 15 is 0 Å². The topological polar surface area (TPSA) is 49.3 Å². The Balaban J connectivity index is 0.00000625. The fourth-order valence-electron chi connectivity index (χ4n) is 3.36. The van der Waals surface area contributed by atoms with Crippen LogP contribution in [0.4, 0.5) is 0 Å². The van der Waals surface area contributed by atoms with Crippen LogP contribution < -0.4 is 5.32 Å². The third-order valence-electron chi connectivity index (χ3n) is 4.60. The second kappa shape index (κ2) is 17.0. The number of nitrogens with one attached hydrogen (secondary N) is 1. The molecule has 1 aliphatic heterocycles. The van der Waals surface area contributed by atoms with Gasteiger partial charge in [0.1, 0.15) is 0 Å². The maximum absolute atomic E-state index is 5.67. The zero-order chi connectivity index (χ0) is 18.3. The Morgan fingerprint density at radius 2 is 1.92 bits per heavy atom. The van der Waals surface area contributed by atoms with Gasteiger partial charge >= 0.3 is 0 Å². The zero-order valence-electron chi connectivity index (χ0n) is 17.3. The second-order valence-corrected chi connectivity index (χ2v) is 6.84. The lowest BCUT2D eigenvalue weighted by Crippen LogP contribution is -2.41. The monoisotopic (exact) mass is 484 g/mol. The molecule has 0 spiro atoms. The first-order chi connectivity index (χ1) is 12.2. The largest absolute Gasteiger partial charge is 0.382 e. The molecule has 0 aliphatic carbocycles. The molecule has 0 aromatic heterocycles. The fourth-order valence-corrected chi connectivity index (χ4v) is 3.36. The minimum Gasteiger partial charge on any atom is -0.382 e. The van der Waals surface area contributed by atoms with Crippen LogP contribution in [0.1, 0.15) is 39.5 Å². The predicted octanol–water partition coefficient (Wildman–Crippen LogP) is 2.68. The second-order valence-electron chi connectivity index (χ2n) is 6.84. The molecular weight excluding hydrogens is 443 g/mol. The highest BCUT2D eigenvalue weighted by molar-refractivity contribution is 14.0. The van der Waals surface area contributed by atoms with E-state index in [1.807, 2.05) is 7.05 Å². The van der Waals surface area contributed by atoms with Crippen molar-refractivity contribution in [3.8, 4) is 0 Å².